The van der Waals surface area contributed by atoms with Gasteiger partial charge in [0, 0.05) is 18.1 Å². The van der Waals surface area contributed by atoms with E-state index in [1.807, 2.05) is 0 Å². The second-order valence-corrected chi connectivity index (χ2v) is 7.54. The van der Waals surface area contributed by atoms with Crippen LogP contribution in [0.1, 0.15) is 36.2 Å². The summed E-state index contributed by atoms with van der Waals surface area (Å²) in [5, 5.41) is 24.0. The number of halogens is 5. The Labute approximate surface area is 186 Å². The normalized spacial score (nSPS) is 13.7. The standard InChI is InChI=1S/C20H26F5N3O5/c1-4-13(27-17(32)12-6-5-7-14(29)11(12)2)16(31)18(33)28(10-19(3,21)22)8-15(30)26-9-20(23,24)25/h5-7,13,16,29,31H,4,8-10H2,1-3H3,(H,26,30)(H,27,32). The molecule has 13 heteroatoms. The lowest BCUT2D eigenvalue weighted by molar-refractivity contribution is -0.151. The summed E-state index contributed by atoms with van der Waals surface area (Å²) in [7, 11) is 0. The Balaban J connectivity index is 3.00. The molecule has 0 aliphatic heterocycles. The van der Waals surface area contributed by atoms with Crippen LogP contribution in [0.3, 0.4) is 0 Å². The number of rotatable bonds is 10. The number of carbonyl (C=O) groups excluding carboxylic acids is 3. The van der Waals surface area contributed by atoms with Gasteiger partial charge in [0.25, 0.3) is 17.7 Å². The maximum absolute atomic E-state index is 13.5. The zero-order chi connectivity index (χ0) is 25.6. The molecule has 33 heavy (non-hydrogen) atoms. The van der Waals surface area contributed by atoms with Crippen molar-refractivity contribution in [1.29, 1.82) is 0 Å². The van der Waals surface area contributed by atoms with Gasteiger partial charge in [-0.05, 0) is 25.5 Å². The highest BCUT2D eigenvalue weighted by atomic mass is 19.4. The SMILES string of the molecule is CCC(NC(=O)c1cccc(O)c1C)C(O)C(=O)N(CC(=O)NCC(F)(F)F)CC(C)(F)F. The minimum Gasteiger partial charge on any atom is -0.508 e. The van der Waals surface area contributed by atoms with Gasteiger partial charge in [0.05, 0.1) is 19.1 Å². The van der Waals surface area contributed by atoms with E-state index in [1.54, 1.807) is 0 Å². The minimum atomic E-state index is -4.75. The molecule has 0 aliphatic rings. The van der Waals surface area contributed by atoms with Crippen LogP contribution in [0.15, 0.2) is 18.2 Å². The molecular formula is C20H26F5N3O5. The molecule has 1 rings (SSSR count). The van der Waals surface area contributed by atoms with Crippen molar-refractivity contribution in [2.45, 2.75) is 51.4 Å². The summed E-state index contributed by atoms with van der Waals surface area (Å²) in [6.07, 6.45) is -6.86. The van der Waals surface area contributed by atoms with Crippen LogP contribution in [0, 0.1) is 6.92 Å². The van der Waals surface area contributed by atoms with Crippen LogP contribution >= 0.6 is 0 Å². The van der Waals surface area contributed by atoms with Crippen LogP contribution < -0.4 is 10.6 Å². The van der Waals surface area contributed by atoms with Crippen molar-refractivity contribution >= 4 is 17.7 Å². The third kappa shape index (κ3) is 9.20. The second-order valence-electron chi connectivity index (χ2n) is 7.54. The molecule has 0 bridgehead atoms. The quantitative estimate of drug-likeness (QED) is 0.378. The van der Waals surface area contributed by atoms with Gasteiger partial charge in [-0.3, -0.25) is 14.4 Å². The highest BCUT2D eigenvalue weighted by molar-refractivity contribution is 5.97. The number of benzene rings is 1. The summed E-state index contributed by atoms with van der Waals surface area (Å²) in [6.45, 7) is -0.875. The molecule has 3 amide bonds. The zero-order valence-corrected chi connectivity index (χ0v) is 18.2. The Hall–Kier alpha value is -2.96. The third-order valence-electron chi connectivity index (χ3n) is 4.54. The molecule has 0 spiro atoms. The van der Waals surface area contributed by atoms with E-state index in [-0.39, 0.29) is 28.2 Å². The second kappa shape index (κ2) is 11.3. The lowest BCUT2D eigenvalue weighted by Crippen LogP contribution is -2.55. The minimum absolute atomic E-state index is 0.0346. The fourth-order valence-electron chi connectivity index (χ4n) is 2.85. The maximum Gasteiger partial charge on any atom is 0.405 e. The molecule has 186 valence electrons. The maximum atomic E-state index is 13.5. The first-order valence-electron chi connectivity index (χ1n) is 9.83. The molecule has 8 nitrogen and oxygen atoms in total. The first kappa shape index (κ1) is 28.1. The monoisotopic (exact) mass is 483 g/mol. The predicted molar refractivity (Wildman–Crippen MR) is 107 cm³/mol. The van der Waals surface area contributed by atoms with E-state index in [4.69, 9.17) is 0 Å². The summed E-state index contributed by atoms with van der Waals surface area (Å²) >= 11 is 0. The number of aliphatic hydroxyl groups excluding tert-OH is 1. The summed E-state index contributed by atoms with van der Waals surface area (Å²) in [5.74, 6) is -7.20. The predicted octanol–water partition coefficient (Wildman–Crippen LogP) is 1.73. The fourth-order valence-corrected chi connectivity index (χ4v) is 2.85. The molecule has 2 atom stereocenters. The Bertz CT molecular complexity index is 857. The van der Waals surface area contributed by atoms with Gasteiger partial charge in [0.2, 0.25) is 5.91 Å². The summed E-state index contributed by atoms with van der Waals surface area (Å²) in [6, 6.07) is 2.83. The molecule has 0 radical (unpaired) electrons. The number of hydrogen-bond donors (Lipinski definition) is 4. The van der Waals surface area contributed by atoms with Gasteiger partial charge in [-0.1, -0.05) is 13.0 Å². The zero-order valence-electron chi connectivity index (χ0n) is 18.2. The first-order valence-corrected chi connectivity index (χ1v) is 9.83. The van der Waals surface area contributed by atoms with Gasteiger partial charge in [-0.2, -0.15) is 13.2 Å². The van der Waals surface area contributed by atoms with E-state index in [2.05, 4.69) is 5.32 Å². The summed E-state index contributed by atoms with van der Waals surface area (Å²) < 4.78 is 63.9. The van der Waals surface area contributed by atoms with Gasteiger partial charge in [-0.15, -0.1) is 0 Å². The molecule has 4 N–H and O–H groups in total. The highest BCUT2D eigenvalue weighted by Gasteiger charge is 2.36. The van der Waals surface area contributed by atoms with Crippen molar-refractivity contribution in [2.75, 3.05) is 19.6 Å². The Kier molecular flexibility index (Phi) is 9.57. The van der Waals surface area contributed by atoms with Crippen LogP contribution in [0.4, 0.5) is 22.0 Å². The van der Waals surface area contributed by atoms with E-state index in [9.17, 15) is 46.5 Å². The summed E-state index contributed by atoms with van der Waals surface area (Å²) in [5.41, 5.74) is 0.260. The van der Waals surface area contributed by atoms with Crippen molar-refractivity contribution in [3.8, 4) is 5.75 Å². The number of aliphatic hydroxyl groups is 1. The van der Waals surface area contributed by atoms with E-state index in [0.717, 1.165) is 0 Å². The molecule has 0 saturated carbocycles. The Morgan fingerprint density at radius 1 is 1.15 bits per heavy atom. The number of nitrogens with one attached hydrogen (secondary N) is 2. The lowest BCUT2D eigenvalue weighted by Gasteiger charge is -2.30. The Morgan fingerprint density at radius 2 is 1.76 bits per heavy atom. The number of phenolic OH excluding ortho intramolecular Hbond substituents is 1. The first-order chi connectivity index (χ1) is 15.1. The van der Waals surface area contributed by atoms with Crippen LogP contribution in [-0.2, 0) is 9.59 Å². The smallest absolute Gasteiger partial charge is 0.405 e. The van der Waals surface area contributed by atoms with Gasteiger partial charge < -0.3 is 25.7 Å². The van der Waals surface area contributed by atoms with Crippen LogP contribution in [0.5, 0.6) is 5.75 Å². The summed E-state index contributed by atoms with van der Waals surface area (Å²) in [4.78, 5) is 37.2. The van der Waals surface area contributed by atoms with Gasteiger partial charge in [0.15, 0.2) is 6.10 Å². The van der Waals surface area contributed by atoms with Crippen molar-refractivity contribution in [3.63, 3.8) is 0 Å². The van der Waals surface area contributed by atoms with E-state index >= 15 is 0 Å². The highest BCUT2D eigenvalue weighted by Crippen LogP contribution is 2.20. The number of carbonyl (C=O) groups is 3. The number of alkyl halides is 5. The number of amides is 3. The van der Waals surface area contributed by atoms with Crippen molar-refractivity contribution in [1.82, 2.24) is 15.5 Å². The van der Waals surface area contributed by atoms with E-state index < -0.39 is 61.6 Å². The van der Waals surface area contributed by atoms with Crippen LogP contribution in [-0.4, -0.2) is 76.7 Å². The van der Waals surface area contributed by atoms with E-state index in [0.29, 0.717) is 6.92 Å². The number of phenols is 1. The molecule has 0 aliphatic carbocycles. The topological polar surface area (TPSA) is 119 Å². The molecule has 0 fully saturated rings. The van der Waals surface area contributed by atoms with Crippen molar-refractivity contribution in [3.05, 3.63) is 29.3 Å². The molecule has 0 aromatic heterocycles. The van der Waals surface area contributed by atoms with Crippen LogP contribution in [0.2, 0.25) is 0 Å². The van der Waals surface area contributed by atoms with Gasteiger partial charge in [0.1, 0.15) is 12.3 Å². The third-order valence-corrected chi connectivity index (χ3v) is 4.54. The molecule has 1 aromatic rings. The van der Waals surface area contributed by atoms with Gasteiger partial charge in [-0.25, -0.2) is 8.78 Å². The van der Waals surface area contributed by atoms with E-state index in [1.165, 1.54) is 37.4 Å². The lowest BCUT2D eigenvalue weighted by atomic mass is 10.0. The molecule has 2 unspecified atom stereocenters. The molecule has 0 heterocycles. The van der Waals surface area contributed by atoms with Gasteiger partial charge >= 0.3 is 6.18 Å². The average Bonchev–Trinajstić information content (AvgIpc) is 2.69. The number of hydrogen-bond acceptors (Lipinski definition) is 5. The number of nitrogens with zero attached hydrogens (tertiary/aromatic N) is 1. The average molecular weight is 483 g/mol. The van der Waals surface area contributed by atoms with Crippen molar-refractivity contribution < 1.29 is 46.5 Å². The fraction of sp³-hybridized carbons (Fsp3) is 0.550. The number of aromatic hydroxyl groups is 1. The molecular weight excluding hydrogens is 457 g/mol. The van der Waals surface area contributed by atoms with Crippen molar-refractivity contribution in [2.24, 2.45) is 0 Å². The Morgan fingerprint density at radius 3 is 2.27 bits per heavy atom. The van der Waals surface area contributed by atoms with Crippen LogP contribution in [0.25, 0.3) is 0 Å². The molecule has 1 aromatic carbocycles. The molecule has 0 saturated heterocycles. The largest absolute Gasteiger partial charge is 0.508 e.